The summed E-state index contributed by atoms with van der Waals surface area (Å²) in [4.78, 5) is 25.6. The van der Waals surface area contributed by atoms with Crippen molar-refractivity contribution in [3.05, 3.63) is 53.9 Å². The number of carbonyl (C=O) groups excluding carboxylic acids is 2. The molecule has 0 aliphatic heterocycles. The SMILES string of the molecule is COCCn1cc(/C=C/CC(=O)N[C@@H](Cc2ccccc2)C(=O)N[C@@H](CC(C)C)[B-](O)(O)O)nn1. The molecule has 5 N–H and O–H groups in total. The van der Waals surface area contributed by atoms with Gasteiger partial charge in [-0.3, -0.25) is 9.59 Å². The van der Waals surface area contributed by atoms with E-state index in [9.17, 15) is 24.7 Å². The van der Waals surface area contributed by atoms with Crippen molar-refractivity contribution in [1.29, 1.82) is 0 Å². The molecule has 12 heteroatoms. The fraction of sp³-hybridized carbons (Fsp3) is 0.478. The molecule has 11 nitrogen and oxygen atoms in total. The van der Waals surface area contributed by atoms with E-state index in [2.05, 4.69) is 20.9 Å². The van der Waals surface area contributed by atoms with Gasteiger partial charge < -0.3 is 30.4 Å². The van der Waals surface area contributed by atoms with Crippen molar-refractivity contribution in [3.63, 3.8) is 0 Å². The molecule has 2 atom stereocenters. The maximum Gasteiger partial charge on any atom is 0.393 e. The smallest absolute Gasteiger partial charge is 0.393 e. The average Bonchev–Trinajstić information content (AvgIpc) is 3.24. The van der Waals surface area contributed by atoms with Crippen molar-refractivity contribution in [2.45, 2.75) is 51.6 Å². The van der Waals surface area contributed by atoms with Crippen molar-refractivity contribution in [2.75, 3.05) is 13.7 Å². The molecule has 2 rings (SSSR count). The summed E-state index contributed by atoms with van der Waals surface area (Å²) >= 11 is 0. The Kier molecular flexibility index (Phi) is 11.1. The number of rotatable bonds is 14. The number of carbonyl (C=O) groups is 2. The second-order valence-corrected chi connectivity index (χ2v) is 8.85. The van der Waals surface area contributed by atoms with Gasteiger partial charge in [0.1, 0.15) is 11.7 Å². The summed E-state index contributed by atoms with van der Waals surface area (Å²) in [5.74, 6) is -2.31. The molecule has 2 aromatic rings. The first-order valence-electron chi connectivity index (χ1n) is 11.6. The van der Waals surface area contributed by atoms with Gasteiger partial charge in [0, 0.05) is 20.0 Å². The topological polar surface area (TPSA) is 159 Å². The molecule has 1 heterocycles. The normalized spacial score (nSPS) is 13.7. The quantitative estimate of drug-likeness (QED) is 0.233. The van der Waals surface area contributed by atoms with Gasteiger partial charge in [-0.1, -0.05) is 61.9 Å². The Morgan fingerprint density at radius 2 is 1.89 bits per heavy atom. The second kappa shape index (κ2) is 13.7. The Labute approximate surface area is 205 Å². The van der Waals surface area contributed by atoms with Crippen LogP contribution in [0.3, 0.4) is 0 Å². The van der Waals surface area contributed by atoms with Gasteiger partial charge in [-0.15, -0.1) is 5.10 Å². The summed E-state index contributed by atoms with van der Waals surface area (Å²) in [6, 6.07) is 8.14. The highest BCUT2D eigenvalue weighted by molar-refractivity contribution is 6.58. The fourth-order valence-corrected chi connectivity index (χ4v) is 3.43. The predicted molar refractivity (Wildman–Crippen MR) is 131 cm³/mol. The van der Waals surface area contributed by atoms with Crippen LogP contribution in [-0.4, -0.2) is 74.3 Å². The molecular weight excluding hydrogens is 453 g/mol. The lowest BCUT2D eigenvalue weighted by molar-refractivity contribution is -0.129. The lowest BCUT2D eigenvalue weighted by Gasteiger charge is -2.35. The summed E-state index contributed by atoms with van der Waals surface area (Å²) in [6.45, 7) is 0.928. The molecule has 0 saturated heterocycles. The van der Waals surface area contributed by atoms with Gasteiger partial charge >= 0.3 is 6.75 Å². The van der Waals surface area contributed by atoms with Gasteiger partial charge in [-0.25, -0.2) is 4.68 Å². The minimum absolute atomic E-state index is 0.00714. The highest BCUT2D eigenvalue weighted by Crippen LogP contribution is 2.12. The minimum Gasteiger partial charge on any atom is -0.558 e. The Bertz CT molecular complexity index is 961. The highest BCUT2D eigenvalue weighted by Gasteiger charge is 2.33. The van der Waals surface area contributed by atoms with Gasteiger partial charge in [-0.05, 0) is 23.5 Å². The molecule has 0 spiro atoms. The zero-order chi connectivity index (χ0) is 25.8. The first-order chi connectivity index (χ1) is 16.6. The molecule has 0 aliphatic carbocycles. The molecule has 0 aliphatic rings. The number of benzene rings is 1. The van der Waals surface area contributed by atoms with Crippen LogP contribution >= 0.6 is 0 Å². The lowest BCUT2D eigenvalue weighted by atomic mass is 9.66. The summed E-state index contributed by atoms with van der Waals surface area (Å²) in [7, 11) is 1.60. The van der Waals surface area contributed by atoms with Crippen molar-refractivity contribution in [3.8, 4) is 0 Å². The largest absolute Gasteiger partial charge is 0.558 e. The van der Waals surface area contributed by atoms with Crippen LogP contribution in [0.5, 0.6) is 0 Å². The zero-order valence-corrected chi connectivity index (χ0v) is 20.4. The Hall–Kier alpha value is -3.06. The number of amides is 2. The fourth-order valence-electron chi connectivity index (χ4n) is 3.43. The Balaban J connectivity index is 2.05. The third-order valence-electron chi connectivity index (χ3n) is 5.20. The van der Waals surface area contributed by atoms with Gasteiger partial charge in [-0.2, -0.15) is 0 Å². The molecule has 1 aromatic heterocycles. The Morgan fingerprint density at radius 3 is 2.51 bits per heavy atom. The van der Waals surface area contributed by atoms with E-state index in [1.165, 1.54) is 0 Å². The van der Waals surface area contributed by atoms with Gasteiger partial charge in [0.2, 0.25) is 11.8 Å². The number of nitrogens with zero attached hydrogens (tertiary/aromatic N) is 3. The number of methoxy groups -OCH3 is 1. The molecular formula is C23H35BN5O6-. The number of nitrogens with one attached hydrogen (secondary N) is 2. The number of hydrogen-bond acceptors (Lipinski definition) is 8. The summed E-state index contributed by atoms with van der Waals surface area (Å²) in [5.41, 5.74) is 1.39. The monoisotopic (exact) mass is 488 g/mol. The van der Waals surface area contributed by atoms with Crippen molar-refractivity contribution in [1.82, 2.24) is 25.6 Å². The van der Waals surface area contributed by atoms with Crippen LogP contribution in [-0.2, 0) is 27.3 Å². The molecule has 0 saturated carbocycles. The second-order valence-electron chi connectivity index (χ2n) is 8.85. The first kappa shape index (κ1) is 28.2. The van der Waals surface area contributed by atoms with Crippen molar-refractivity contribution < 1.29 is 29.4 Å². The van der Waals surface area contributed by atoms with Gasteiger partial charge in [0.15, 0.2) is 0 Å². The van der Waals surface area contributed by atoms with E-state index in [0.717, 1.165) is 5.56 Å². The Morgan fingerprint density at radius 1 is 1.17 bits per heavy atom. The minimum atomic E-state index is -3.79. The lowest BCUT2D eigenvalue weighted by Crippen LogP contribution is -2.61. The van der Waals surface area contributed by atoms with Crippen LogP contribution in [0.25, 0.3) is 6.08 Å². The average molecular weight is 488 g/mol. The molecule has 0 fully saturated rings. The molecule has 192 valence electrons. The van der Waals surface area contributed by atoms with Crippen LogP contribution in [0.1, 0.15) is 37.9 Å². The summed E-state index contributed by atoms with van der Waals surface area (Å²) in [6.07, 6.45) is 5.32. The number of hydrogen-bond donors (Lipinski definition) is 5. The van der Waals surface area contributed by atoms with Gasteiger partial charge in [0.25, 0.3) is 0 Å². The van der Waals surface area contributed by atoms with Crippen LogP contribution in [0.15, 0.2) is 42.6 Å². The van der Waals surface area contributed by atoms with Crippen LogP contribution in [0.4, 0.5) is 0 Å². The van der Waals surface area contributed by atoms with E-state index in [1.807, 2.05) is 44.2 Å². The molecule has 0 radical (unpaired) electrons. The van der Waals surface area contributed by atoms with Crippen molar-refractivity contribution in [2.24, 2.45) is 5.92 Å². The van der Waals surface area contributed by atoms with E-state index >= 15 is 0 Å². The maximum atomic E-state index is 13.0. The number of aromatic nitrogens is 3. The standard InChI is InChI=1S/C23H35BN5O6/c1-17(2)14-21(24(32,33)34)26-23(31)20(15-18-8-5-4-6-9-18)25-22(30)11-7-10-19-16-29(28-27-19)12-13-35-3/h4-10,16-17,20-21,32-34H,11-15H2,1-3H3,(H,25,30)(H,26,31)/q-1/b10-7+/t20-,21-/m0/s1. The molecule has 1 aromatic carbocycles. The van der Waals surface area contributed by atoms with E-state index in [1.54, 1.807) is 30.1 Å². The van der Waals surface area contributed by atoms with Gasteiger partial charge in [0.05, 0.1) is 19.3 Å². The van der Waals surface area contributed by atoms with Crippen LogP contribution in [0, 0.1) is 5.92 Å². The van der Waals surface area contributed by atoms with E-state index in [4.69, 9.17) is 4.74 Å². The van der Waals surface area contributed by atoms with Crippen LogP contribution < -0.4 is 10.6 Å². The highest BCUT2D eigenvalue weighted by atomic mass is 16.5. The number of ether oxygens (including phenoxy) is 1. The molecule has 0 unspecified atom stereocenters. The van der Waals surface area contributed by atoms with E-state index in [0.29, 0.717) is 18.8 Å². The first-order valence-corrected chi connectivity index (χ1v) is 11.6. The molecule has 0 bridgehead atoms. The summed E-state index contributed by atoms with van der Waals surface area (Å²) in [5, 5.41) is 42.4. The zero-order valence-electron chi connectivity index (χ0n) is 20.4. The third kappa shape index (κ3) is 10.4. The van der Waals surface area contributed by atoms with E-state index in [-0.39, 0.29) is 25.2 Å². The molecule has 35 heavy (non-hydrogen) atoms. The van der Waals surface area contributed by atoms with E-state index < -0.39 is 30.6 Å². The van der Waals surface area contributed by atoms with Crippen LogP contribution in [0.2, 0.25) is 0 Å². The third-order valence-corrected chi connectivity index (χ3v) is 5.20. The molecule has 2 amide bonds. The predicted octanol–water partition coefficient (Wildman–Crippen LogP) is 0.0412. The maximum absolute atomic E-state index is 13.0. The van der Waals surface area contributed by atoms with Crippen molar-refractivity contribution >= 4 is 24.6 Å². The summed E-state index contributed by atoms with van der Waals surface area (Å²) < 4.78 is 6.62.